The van der Waals surface area contributed by atoms with Crippen LogP contribution in [0.5, 0.6) is 0 Å². The molecule has 0 heterocycles. The summed E-state index contributed by atoms with van der Waals surface area (Å²) in [6.45, 7) is 12.3. The van der Waals surface area contributed by atoms with Crippen LogP contribution in [0.25, 0.3) is 0 Å². The molecule has 0 aromatic rings. The maximum absolute atomic E-state index is 3.36. The van der Waals surface area contributed by atoms with E-state index < -0.39 is 0 Å². The lowest BCUT2D eigenvalue weighted by Gasteiger charge is -2.00. The predicted molar refractivity (Wildman–Crippen MR) is 53.8 cm³/mol. The van der Waals surface area contributed by atoms with Crippen molar-refractivity contribution in [2.24, 2.45) is 5.92 Å². The minimum Gasteiger partial charge on any atom is -0.320 e. The topological polar surface area (TPSA) is 12.0 Å². The minimum absolute atomic E-state index is 0.840. The molecule has 0 aliphatic heterocycles. The van der Waals surface area contributed by atoms with Gasteiger partial charge < -0.3 is 5.32 Å². The fourth-order valence-corrected chi connectivity index (χ4v) is 0.433. The molecule has 0 amide bonds. The van der Waals surface area contributed by atoms with Crippen molar-refractivity contribution in [3.05, 3.63) is 25.3 Å². The summed E-state index contributed by atoms with van der Waals surface area (Å²) in [5.41, 5.74) is 0. The zero-order valence-corrected chi connectivity index (χ0v) is 8.06. The van der Waals surface area contributed by atoms with Gasteiger partial charge in [0, 0.05) is 0 Å². The van der Waals surface area contributed by atoms with Crippen LogP contribution >= 0.6 is 0 Å². The van der Waals surface area contributed by atoms with Crippen molar-refractivity contribution in [2.45, 2.75) is 20.3 Å². The van der Waals surface area contributed by atoms with Gasteiger partial charge >= 0.3 is 0 Å². The van der Waals surface area contributed by atoms with Gasteiger partial charge in [0.2, 0.25) is 0 Å². The number of allylic oxidation sites excluding steroid dienone is 2. The van der Waals surface area contributed by atoms with Crippen LogP contribution in [0, 0.1) is 5.92 Å². The molecule has 0 aliphatic carbocycles. The van der Waals surface area contributed by atoms with Crippen molar-refractivity contribution in [3.63, 3.8) is 0 Å². The second kappa shape index (κ2) is 12.1. The molecule has 0 saturated carbocycles. The fourth-order valence-electron chi connectivity index (χ4n) is 0.433. The second-order valence-corrected chi connectivity index (χ2v) is 2.76. The molecular formula is C10H21N. The third-order valence-corrected chi connectivity index (χ3v) is 1.14. The molecule has 11 heavy (non-hydrogen) atoms. The predicted octanol–water partition coefficient (Wildman–Crippen LogP) is 2.61. The third kappa shape index (κ3) is 26.5. The van der Waals surface area contributed by atoms with Gasteiger partial charge in [-0.1, -0.05) is 39.2 Å². The van der Waals surface area contributed by atoms with E-state index in [1.807, 2.05) is 7.05 Å². The van der Waals surface area contributed by atoms with Crippen molar-refractivity contribution in [1.29, 1.82) is 0 Å². The van der Waals surface area contributed by atoms with Crippen LogP contribution in [0.2, 0.25) is 0 Å². The normalized spacial score (nSPS) is 8.36. The van der Waals surface area contributed by atoms with Gasteiger partial charge in [0.25, 0.3) is 0 Å². The van der Waals surface area contributed by atoms with E-state index in [0.717, 1.165) is 12.5 Å². The average molecular weight is 155 g/mol. The first-order chi connectivity index (χ1) is 5.18. The Morgan fingerprint density at radius 2 is 1.73 bits per heavy atom. The molecule has 66 valence electrons. The Labute approximate surface area is 71.2 Å². The van der Waals surface area contributed by atoms with Gasteiger partial charge in [-0.2, -0.15) is 0 Å². The first-order valence-electron chi connectivity index (χ1n) is 4.07. The van der Waals surface area contributed by atoms with Gasteiger partial charge in [-0.25, -0.2) is 0 Å². The molecule has 0 atom stereocenters. The molecule has 0 fully saturated rings. The van der Waals surface area contributed by atoms with Crippen molar-refractivity contribution in [2.75, 3.05) is 13.6 Å². The van der Waals surface area contributed by atoms with Crippen LogP contribution in [-0.2, 0) is 0 Å². The Balaban J connectivity index is 0. The SMILES string of the molecule is C=CC=C.CNCCC(C)C. The first-order valence-corrected chi connectivity index (χ1v) is 4.07. The summed E-state index contributed by atoms with van der Waals surface area (Å²) in [6.07, 6.45) is 4.57. The summed E-state index contributed by atoms with van der Waals surface area (Å²) in [5, 5.41) is 3.10. The molecule has 0 unspecified atom stereocenters. The standard InChI is InChI=1S/C6H15N.C4H6/c1-6(2)4-5-7-3;1-3-4-2/h6-7H,4-5H2,1-3H3;3-4H,1-2H2. The quantitative estimate of drug-likeness (QED) is 0.615. The van der Waals surface area contributed by atoms with E-state index >= 15 is 0 Å². The van der Waals surface area contributed by atoms with Crippen LogP contribution in [0.4, 0.5) is 0 Å². The molecular weight excluding hydrogens is 134 g/mol. The zero-order valence-electron chi connectivity index (χ0n) is 8.06. The first kappa shape index (κ1) is 13.1. The molecule has 1 heteroatoms. The van der Waals surface area contributed by atoms with E-state index in [0.29, 0.717) is 0 Å². The van der Waals surface area contributed by atoms with Crippen molar-refractivity contribution >= 4 is 0 Å². The van der Waals surface area contributed by atoms with E-state index in [1.165, 1.54) is 6.42 Å². The van der Waals surface area contributed by atoms with Gasteiger partial charge in [-0.05, 0) is 25.9 Å². The van der Waals surface area contributed by atoms with Crippen LogP contribution in [0.3, 0.4) is 0 Å². The van der Waals surface area contributed by atoms with E-state index in [9.17, 15) is 0 Å². The molecule has 0 aromatic heterocycles. The average Bonchev–Trinajstić information content (AvgIpc) is 2.01. The minimum atomic E-state index is 0.840. The smallest absolute Gasteiger partial charge is 0.00495 e. The van der Waals surface area contributed by atoms with E-state index in [4.69, 9.17) is 0 Å². The third-order valence-electron chi connectivity index (χ3n) is 1.14. The highest BCUT2D eigenvalue weighted by Gasteiger charge is 1.88. The lowest BCUT2D eigenvalue weighted by molar-refractivity contribution is 0.562. The summed E-state index contributed by atoms with van der Waals surface area (Å²) in [6, 6.07) is 0. The fraction of sp³-hybridized carbons (Fsp3) is 0.600. The van der Waals surface area contributed by atoms with Gasteiger partial charge in [0.1, 0.15) is 0 Å². The molecule has 0 aliphatic rings. The van der Waals surface area contributed by atoms with Crippen LogP contribution in [0.1, 0.15) is 20.3 Å². The Hall–Kier alpha value is -0.560. The molecule has 0 aromatic carbocycles. The van der Waals surface area contributed by atoms with Crippen LogP contribution in [0.15, 0.2) is 25.3 Å². The van der Waals surface area contributed by atoms with Crippen molar-refractivity contribution < 1.29 is 0 Å². The monoisotopic (exact) mass is 155 g/mol. The summed E-state index contributed by atoms with van der Waals surface area (Å²) in [7, 11) is 1.99. The maximum atomic E-state index is 3.36. The summed E-state index contributed by atoms with van der Waals surface area (Å²) in [5.74, 6) is 0.840. The van der Waals surface area contributed by atoms with Crippen molar-refractivity contribution in [1.82, 2.24) is 5.32 Å². The van der Waals surface area contributed by atoms with E-state index in [-0.39, 0.29) is 0 Å². The highest BCUT2D eigenvalue weighted by Crippen LogP contribution is 1.94. The summed E-state index contributed by atoms with van der Waals surface area (Å²) < 4.78 is 0. The van der Waals surface area contributed by atoms with Crippen molar-refractivity contribution in [3.8, 4) is 0 Å². The lowest BCUT2D eigenvalue weighted by atomic mass is 10.1. The maximum Gasteiger partial charge on any atom is -0.00495 e. The van der Waals surface area contributed by atoms with Gasteiger partial charge in [0.05, 0.1) is 0 Å². The van der Waals surface area contributed by atoms with Gasteiger partial charge in [-0.3, -0.25) is 0 Å². The molecule has 0 bridgehead atoms. The Bertz CT molecular complexity index is 78.9. The number of nitrogens with one attached hydrogen (secondary N) is 1. The largest absolute Gasteiger partial charge is 0.320 e. The van der Waals surface area contributed by atoms with Crippen LogP contribution < -0.4 is 5.32 Å². The molecule has 0 radical (unpaired) electrons. The van der Waals surface area contributed by atoms with Gasteiger partial charge in [-0.15, -0.1) is 0 Å². The molecule has 0 saturated heterocycles. The number of rotatable bonds is 4. The molecule has 1 nitrogen and oxygen atoms in total. The van der Waals surface area contributed by atoms with E-state index in [1.54, 1.807) is 12.2 Å². The Kier molecular flexibility index (Phi) is 14.4. The highest BCUT2D eigenvalue weighted by molar-refractivity contribution is 4.88. The molecule has 0 spiro atoms. The molecule has 1 N–H and O–H groups in total. The zero-order chi connectivity index (χ0) is 9.11. The van der Waals surface area contributed by atoms with E-state index in [2.05, 4.69) is 32.3 Å². The Morgan fingerprint density at radius 3 is 1.82 bits per heavy atom. The van der Waals surface area contributed by atoms with Gasteiger partial charge in [0.15, 0.2) is 0 Å². The summed E-state index contributed by atoms with van der Waals surface area (Å²) >= 11 is 0. The number of hydrogen-bond donors (Lipinski definition) is 1. The Morgan fingerprint density at radius 1 is 1.27 bits per heavy atom. The second-order valence-electron chi connectivity index (χ2n) is 2.76. The number of hydrogen-bond acceptors (Lipinski definition) is 1. The van der Waals surface area contributed by atoms with Crippen LogP contribution in [-0.4, -0.2) is 13.6 Å². The lowest BCUT2D eigenvalue weighted by Crippen LogP contribution is -2.09. The highest BCUT2D eigenvalue weighted by atomic mass is 14.8. The summed E-state index contributed by atoms with van der Waals surface area (Å²) in [4.78, 5) is 0. The molecule has 0 rings (SSSR count).